The molecule has 1 aliphatic rings. The molecular formula is C22H31BrN2O5. The lowest BCUT2D eigenvalue weighted by molar-refractivity contribution is -0.142. The molecule has 3 N–H and O–H groups in total. The Bertz CT molecular complexity index is 737. The Hall–Kier alpha value is -2.09. The molecule has 1 saturated carbocycles. The normalized spacial score (nSPS) is 20.1. The predicted octanol–water partition coefficient (Wildman–Crippen LogP) is 3.89. The number of rotatable bonds is 7. The Kier molecular flexibility index (Phi) is 8.70. The fourth-order valence-electron chi connectivity index (χ4n) is 3.52. The lowest BCUT2D eigenvalue weighted by Crippen LogP contribution is -2.46. The highest BCUT2D eigenvalue weighted by Gasteiger charge is 2.30. The van der Waals surface area contributed by atoms with Crippen molar-refractivity contribution in [2.45, 2.75) is 64.5 Å². The van der Waals surface area contributed by atoms with E-state index in [-0.39, 0.29) is 18.2 Å². The molecule has 0 saturated heterocycles. The van der Waals surface area contributed by atoms with Gasteiger partial charge in [0.05, 0.1) is 0 Å². The average molecular weight is 483 g/mol. The summed E-state index contributed by atoms with van der Waals surface area (Å²) in [5.74, 6) is -1.16. The molecule has 1 aromatic carbocycles. The lowest BCUT2D eigenvalue weighted by atomic mass is 9.81. The van der Waals surface area contributed by atoms with Gasteiger partial charge in [0, 0.05) is 23.4 Å². The second kappa shape index (κ2) is 10.8. The molecule has 0 unspecified atom stereocenters. The van der Waals surface area contributed by atoms with Gasteiger partial charge in [0.1, 0.15) is 11.6 Å². The van der Waals surface area contributed by atoms with Crippen molar-refractivity contribution < 1.29 is 24.2 Å². The molecule has 0 aromatic heterocycles. The first kappa shape index (κ1) is 24.2. The summed E-state index contributed by atoms with van der Waals surface area (Å²) in [6.45, 7) is 5.97. The van der Waals surface area contributed by atoms with Gasteiger partial charge in [-0.1, -0.05) is 28.1 Å². The monoisotopic (exact) mass is 482 g/mol. The quantitative estimate of drug-likeness (QED) is 0.546. The number of nitrogens with one attached hydrogen (secondary N) is 2. The molecule has 0 aliphatic heterocycles. The molecule has 1 aromatic rings. The molecule has 0 radical (unpaired) electrons. The minimum Gasteiger partial charge on any atom is -0.480 e. The maximum absolute atomic E-state index is 12.6. The van der Waals surface area contributed by atoms with Crippen LogP contribution >= 0.6 is 15.9 Å². The number of ether oxygens (including phenoxy) is 1. The van der Waals surface area contributed by atoms with E-state index in [9.17, 15) is 19.5 Å². The summed E-state index contributed by atoms with van der Waals surface area (Å²) < 4.78 is 6.15. The third kappa shape index (κ3) is 8.34. The van der Waals surface area contributed by atoms with Gasteiger partial charge in [0.2, 0.25) is 5.91 Å². The van der Waals surface area contributed by atoms with Crippen molar-refractivity contribution in [3.63, 3.8) is 0 Å². The second-order valence-corrected chi connectivity index (χ2v) is 9.75. The maximum atomic E-state index is 12.6. The number of carbonyl (C=O) groups excluding carboxylic acids is 2. The molecular weight excluding hydrogens is 452 g/mol. The summed E-state index contributed by atoms with van der Waals surface area (Å²) in [6, 6.07) is 6.43. The van der Waals surface area contributed by atoms with Crippen LogP contribution < -0.4 is 10.6 Å². The van der Waals surface area contributed by atoms with Crippen molar-refractivity contribution in [1.82, 2.24) is 10.6 Å². The van der Waals surface area contributed by atoms with E-state index in [1.165, 1.54) is 0 Å². The summed E-state index contributed by atoms with van der Waals surface area (Å²) in [4.78, 5) is 36.0. The standard InChI is InChI=1S/C22H31BrN2O5/c1-22(2,3)30-21(29)24-13-15-4-8-16(9-5-15)19(26)25-18(20(27)28)12-14-6-10-17(23)11-7-14/h6-7,10-11,15-16,18H,4-5,8-9,12-13H2,1-3H3,(H,24,29)(H,25,26)(H,27,28)/t15?,16?,18-/m0/s1. The first-order valence-corrected chi connectivity index (χ1v) is 11.1. The van der Waals surface area contributed by atoms with Crippen molar-refractivity contribution in [2.24, 2.45) is 11.8 Å². The number of benzene rings is 1. The van der Waals surface area contributed by atoms with Gasteiger partial charge in [0.15, 0.2) is 0 Å². The van der Waals surface area contributed by atoms with E-state index in [1.807, 2.05) is 45.0 Å². The van der Waals surface area contributed by atoms with E-state index in [2.05, 4.69) is 26.6 Å². The number of carboxylic acids is 1. The van der Waals surface area contributed by atoms with Crippen LogP contribution in [0.4, 0.5) is 4.79 Å². The third-order valence-corrected chi connectivity index (χ3v) is 5.65. The molecule has 30 heavy (non-hydrogen) atoms. The van der Waals surface area contributed by atoms with Crippen LogP contribution in [0.25, 0.3) is 0 Å². The number of halogens is 1. The van der Waals surface area contributed by atoms with Crippen LogP contribution in [0, 0.1) is 11.8 Å². The summed E-state index contributed by atoms with van der Waals surface area (Å²) >= 11 is 3.35. The molecule has 0 spiro atoms. The fourth-order valence-corrected chi connectivity index (χ4v) is 3.78. The molecule has 8 heteroatoms. The summed E-state index contributed by atoms with van der Waals surface area (Å²) in [7, 11) is 0. The van der Waals surface area contributed by atoms with Gasteiger partial charge in [-0.25, -0.2) is 9.59 Å². The van der Waals surface area contributed by atoms with Gasteiger partial charge < -0.3 is 20.5 Å². The molecule has 2 amide bonds. The van der Waals surface area contributed by atoms with Crippen molar-refractivity contribution >= 4 is 33.9 Å². The van der Waals surface area contributed by atoms with Gasteiger partial charge in [0.25, 0.3) is 0 Å². The Morgan fingerprint density at radius 2 is 1.73 bits per heavy atom. The predicted molar refractivity (Wildman–Crippen MR) is 117 cm³/mol. The first-order valence-electron chi connectivity index (χ1n) is 10.3. The molecule has 0 heterocycles. The van der Waals surface area contributed by atoms with E-state index in [1.54, 1.807) is 0 Å². The van der Waals surface area contributed by atoms with Crippen LogP contribution in [-0.2, 0) is 20.7 Å². The summed E-state index contributed by atoms with van der Waals surface area (Å²) in [6.07, 6.45) is 2.77. The highest BCUT2D eigenvalue weighted by molar-refractivity contribution is 9.10. The number of amides is 2. The van der Waals surface area contributed by atoms with Gasteiger partial charge in [-0.3, -0.25) is 4.79 Å². The fraction of sp³-hybridized carbons (Fsp3) is 0.591. The van der Waals surface area contributed by atoms with Crippen molar-refractivity contribution in [3.05, 3.63) is 34.3 Å². The molecule has 1 fully saturated rings. The SMILES string of the molecule is CC(C)(C)OC(=O)NCC1CCC(C(=O)N[C@@H](Cc2ccc(Br)cc2)C(=O)O)CC1. The molecule has 1 aliphatic carbocycles. The third-order valence-electron chi connectivity index (χ3n) is 5.12. The maximum Gasteiger partial charge on any atom is 0.407 e. The molecule has 7 nitrogen and oxygen atoms in total. The number of hydrogen-bond acceptors (Lipinski definition) is 4. The van der Waals surface area contributed by atoms with Crippen molar-refractivity contribution in [2.75, 3.05) is 6.54 Å². The minimum atomic E-state index is -1.04. The summed E-state index contributed by atoms with van der Waals surface area (Å²) in [5.41, 5.74) is 0.319. The Balaban J connectivity index is 1.78. The topological polar surface area (TPSA) is 105 Å². The Morgan fingerprint density at radius 3 is 2.27 bits per heavy atom. The Morgan fingerprint density at radius 1 is 1.13 bits per heavy atom. The van der Waals surface area contributed by atoms with Crippen molar-refractivity contribution in [3.8, 4) is 0 Å². The van der Waals surface area contributed by atoms with Gasteiger partial charge in [-0.15, -0.1) is 0 Å². The number of carbonyl (C=O) groups is 3. The minimum absolute atomic E-state index is 0.199. The van der Waals surface area contributed by atoms with Crippen molar-refractivity contribution in [1.29, 1.82) is 0 Å². The zero-order valence-electron chi connectivity index (χ0n) is 17.7. The van der Waals surface area contributed by atoms with Gasteiger partial charge in [-0.05, 0) is 70.1 Å². The number of alkyl carbamates (subject to hydrolysis) is 1. The highest BCUT2D eigenvalue weighted by Crippen LogP contribution is 2.29. The van der Waals surface area contributed by atoms with Crippen LogP contribution in [0.2, 0.25) is 0 Å². The Labute approximate surface area is 186 Å². The number of aliphatic carboxylic acids is 1. The molecule has 0 bridgehead atoms. The van der Waals surface area contributed by atoms with Gasteiger partial charge in [-0.2, -0.15) is 0 Å². The smallest absolute Gasteiger partial charge is 0.407 e. The van der Waals surface area contributed by atoms with Crippen LogP contribution in [0.15, 0.2) is 28.7 Å². The van der Waals surface area contributed by atoms with E-state index in [0.717, 1.165) is 22.9 Å². The van der Waals surface area contributed by atoms with E-state index in [4.69, 9.17) is 4.74 Å². The highest BCUT2D eigenvalue weighted by atomic mass is 79.9. The zero-order valence-corrected chi connectivity index (χ0v) is 19.3. The van der Waals surface area contributed by atoms with Crippen LogP contribution in [0.1, 0.15) is 52.0 Å². The van der Waals surface area contributed by atoms with E-state index >= 15 is 0 Å². The van der Waals surface area contributed by atoms with Gasteiger partial charge >= 0.3 is 12.1 Å². The van der Waals surface area contributed by atoms with E-state index < -0.39 is 23.7 Å². The zero-order chi connectivity index (χ0) is 22.3. The summed E-state index contributed by atoms with van der Waals surface area (Å²) in [5, 5.41) is 15.0. The van der Waals surface area contributed by atoms with Crippen LogP contribution in [0.5, 0.6) is 0 Å². The molecule has 2 rings (SSSR count). The number of carboxylic acid groups (broad SMARTS) is 1. The first-order chi connectivity index (χ1) is 14.0. The number of hydrogen-bond donors (Lipinski definition) is 3. The molecule has 166 valence electrons. The van der Waals surface area contributed by atoms with E-state index in [0.29, 0.717) is 25.3 Å². The average Bonchev–Trinajstić information content (AvgIpc) is 2.66. The van der Waals surface area contributed by atoms with Crippen LogP contribution in [0.3, 0.4) is 0 Å². The molecule has 1 atom stereocenters. The second-order valence-electron chi connectivity index (χ2n) is 8.83. The largest absolute Gasteiger partial charge is 0.480 e. The lowest BCUT2D eigenvalue weighted by Gasteiger charge is -2.29. The van der Waals surface area contributed by atoms with Crippen LogP contribution in [-0.4, -0.2) is 41.3 Å².